The highest BCUT2D eigenvalue weighted by Gasteiger charge is 2.47. The van der Waals surface area contributed by atoms with Crippen LogP contribution in [0, 0.1) is 11.3 Å². The lowest BCUT2D eigenvalue weighted by atomic mass is 9.70. The number of piperidine rings is 1. The zero-order chi connectivity index (χ0) is 17.8. The summed E-state index contributed by atoms with van der Waals surface area (Å²) >= 11 is 0. The number of hydrogen-bond acceptors (Lipinski definition) is 4. The van der Waals surface area contributed by atoms with Crippen molar-refractivity contribution in [1.29, 1.82) is 0 Å². The molecule has 0 saturated carbocycles. The highest BCUT2D eigenvalue weighted by Crippen LogP contribution is 2.41. The normalized spacial score (nSPS) is 25.4. The lowest BCUT2D eigenvalue weighted by Crippen LogP contribution is -2.53. The summed E-state index contributed by atoms with van der Waals surface area (Å²) in [6.45, 7) is 14.6. The molecule has 23 heavy (non-hydrogen) atoms. The van der Waals surface area contributed by atoms with Crippen LogP contribution in [-0.4, -0.2) is 41.8 Å². The molecular weight excluding hydrogens is 294 g/mol. The molecule has 0 radical (unpaired) electrons. The van der Waals surface area contributed by atoms with Crippen molar-refractivity contribution in [1.82, 2.24) is 4.90 Å². The van der Waals surface area contributed by atoms with Crippen molar-refractivity contribution < 1.29 is 19.1 Å². The number of esters is 1. The smallest absolute Gasteiger partial charge is 0.410 e. The predicted octanol–water partition coefficient (Wildman–Crippen LogP) is 4.00. The molecule has 1 rings (SSSR count). The Balaban J connectivity index is 2.87. The third-order valence-electron chi connectivity index (χ3n) is 4.18. The Morgan fingerprint density at radius 2 is 1.91 bits per heavy atom. The van der Waals surface area contributed by atoms with Gasteiger partial charge in [-0.2, -0.15) is 0 Å². The van der Waals surface area contributed by atoms with Crippen LogP contribution in [0.25, 0.3) is 0 Å². The molecule has 1 aliphatic heterocycles. The average Bonchev–Trinajstić information content (AvgIpc) is 2.35. The molecule has 1 fully saturated rings. The van der Waals surface area contributed by atoms with Gasteiger partial charge in [-0.3, -0.25) is 4.79 Å². The SMILES string of the molecule is CCOC(=O)C1(CC(C)C)CCN(C(=O)OC(C)(C)C)C(C)C1. The Hall–Kier alpha value is -1.26. The fraction of sp³-hybridized carbons (Fsp3) is 0.889. The van der Waals surface area contributed by atoms with E-state index in [4.69, 9.17) is 9.47 Å². The molecule has 1 aliphatic rings. The molecule has 5 heteroatoms. The largest absolute Gasteiger partial charge is 0.466 e. The van der Waals surface area contributed by atoms with Crippen molar-refractivity contribution in [3.05, 3.63) is 0 Å². The van der Waals surface area contributed by atoms with Gasteiger partial charge in [-0.15, -0.1) is 0 Å². The number of ether oxygens (including phenoxy) is 2. The van der Waals surface area contributed by atoms with E-state index in [-0.39, 0.29) is 18.1 Å². The minimum Gasteiger partial charge on any atom is -0.466 e. The van der Waals surface area contributed by atoms with Crippen LogP contribution in [0.1, 0.15) is 67.7 Å². The summed E-state index contributed by atoms with van der Waals surface area (Å²) in [6, 6.07) is -0.0400. The lowest BCUT2D eigenvalue weighted by Gasteiger charge is -2.44. The molecule has 5 nitrogen and oxygen atoms in total. The number of carbonyl (C=O) groups is 2. The molecule has 0 bridgehead atoms. The van der Waals surface area contributed by atoms with Gasteiger partial charge in [-0.05, 0) is 59.8 Å². The van der Waals surface area contributed by atoms with Gasteiger partial charge in [0, 0.05) is 12.6 Å². The monoisotopic (exact) mass is 327 g/mol. The molecule has 0 spiro atoms. The van der Waals surface area contributed by atoms with Crippen molar-refractivity contribution in [2.24, 2.45) is 11.3 Å². The van der Waals surface area contributed by atoms with Gasteiger partial charge in [0.25, 0.3) is 0 Å². The molecule has 0 N–H and O–H groups in total. The summed E-state index contributed by atoms with van der Waals surface area (Å²) < 4.78 is 10.8. The van der Waals surface area contributed by atoms with Gasteiger partial charge in [0.2, 0.25) is 0 Å². The molecule has 2 unspecified atom stereocenters. The molecule has 1 heterocycles. The Labute approximate surface area is 140 Å². The second kappa shape index (κ2) is 7.54. The van der Waals surface area contributed by atoms with Gasteiger partial charge in [0.1, 0.15) is 5.60 Å². The summed E-state index contributed by atoms with van der Waals surface area (Å²) in [5.41, 5.74) is -0.994. The maximum atomic E-state index is 12.5. The number of nitrogens with zero attached hydrogens (tertiary/aromatic N) is 1. The highest BCUT2D eigenvalue weighted by molar-refractivity contribution is 5.78. The van der Waals surface area contributed by atoms with E-state index in [1.54, 1.807) is 4.90 Å². The molecule has 1 amide bonds. The van der Waals surface area contributed by atoms with Crippen LogP contribution in [0.15, 0.2) is 0 Å². The van der Waals surface area contributed by atoms with Gasteiger partial charge in [0.15, 0.2) is 0 Å². The molecule has 1 saturated heterocycles. The molecule has 0 aromatic carbocycles. The van der Waals surface area contributed by atoms with Gasteiger partial charge in [-0.1, -0.05) is 13.8 Å². The Bertz CT molecular complexity index is 427. The van der Waals surface area contributed by atoms with E-state index >= 15 is 0 Å². The van der Waals surface area contributed by atoms with Crippen LogP contribution in [-0.2, 0) is 14.3 Å². The van der Waals surface area contributed by atoms with Crippen molar-refractivity contribution in [2.75, 3.05) is 13.2 Å². The van der Waals surface area contributed by atoms with Gasteiger partial charge >= 0.3 is 12.1 Å². The van der Waals surface area contributed by atoms with E-state index in [1.165, 1.54) is 0 Å². The van der Waals surface area contributed by atoms with E-state index in [0.717, 1.165) is 6.42 Å². The minimum absolute atomic E-state index is 0.0400. The topological polar surface area (TPSA) is 55.8 Å². The van der Waals surface area contributed by atoms with E-state index in [9.17, 15) is 9.59 Å². The van der Waals surface area contributed by atoms with Crippen molar-refractivity contribution >= 4 is 12.1 Å². The van der Waals surface area contributed by atoms with Crippen LogP contribution in [0.5, 0.6) is 0 Å². The second-order valence-corrected chi connectivity index (χ2v) is 8.08. The summed E-state index contributed by atoms with van der Waals surface area (Å²) in [4.78, 5) is 26.6. The van der Waals surface area contributed by atoms with E-state index in [1.807, 2.05) is 34.6 Å². The van der Waals surface area contributed by atoms with Crippen LogP contribution < -0.4 is 0 Å². The summed E-state index contributed by atoms with van der Waals surface area (Å²) in [7, 11) is 0. The summed E-state index contributed by atoms with van der Waals surface area (Å²) in [6.07, 6.45) is 1.75. The number of amides is 1. The zero-order valence-electron chi connectivity index (χ0n) is 15.8. The van der Waals surface area contributed by atoms with Crippen LogP contribution >= 0.6 is 0 Å². The first-order valence-electron chi connectivity index (χ1n) is 8.67. The summed E-state index contributed by atoms with van der Waals surface area (Å²) in [5, 5.41) is 0. The predicted molar refractivity (Wildman–Crippen MR) is 90.2 cm³/mol. The van der Waals surface area contributed by atoms with Crippen molar-refractivity contribution in [3.8, 4) is 0 Å². The standard InChI is InChI=1S/C18H33NO4/c1-8-22-15(20)18(11-13(2)3)9-10-19(14(4)12-18)16(21)23-17(5,6)7/h13-14H,8-12H2,1-7H3. The van der Waals surface area contributed by atoms with E-state index in [0.29, 0.717) is 31.9 Å². The number of rotatable bonds is 4. The maximum Gasteiger partial charge on any atom is 0.410 e. The third kappa shape index (κ3) is 5.40. The lowest BCUT2D eigenvalue weighted by molar-refractivity contribution is -0.161. The zero-order valence-corrected chi connectivity index (χ0v) is 15.8. The molecular formula is C18H33NO4. The van der Waals surface area contributed by atoms with Crippen LogP contribution in [0.2, 0.25) is 0 Å². The summed E-state index contributed by atoms with van der Waals surface area (Å²) in [5.74, 6) is 0.282. The number of carbonyl (C=O) groups excluding carboxylic acids is 2. The van der Waals surface area contributed by atoms with Crippen LogP contribution in [0.3, 0.4) is 0 Å². The minimum atomic E-state index is -0.510. The van der Waals surface area contributed by atoms with Crippen molar-refractivity contribution in [2.45, 2.75) is 79.4 Å². The first-order valence-corrected chi connectivity index (χ1v) is 8.67. The quantitative estimate of drug-likeness (QED) is 0.732. The molecule has 0 aromatic heterocycles. The fourth-order valence-electron chi connectivity index (χ4n) is 3.44. The van der Waals surface area contributed by atoms with Gasteiger partial charge in [-0.25, -0.2) is 4.79 Å². The highest BCUT2D eigenvalue weighted by atomic mass is 16.6. The Morgan fingerprint density at radius 3 is 2.35 bits per heavy atom. The van der Waals surface area contributed by atoms with Gasteiger partial charge in [0.05, 0.1) is 12.0 Å². The molecule has 134 valence electrons. The van der Waals surface area contributed by atoms with Crippen molar-refractivity contribution in [3.63, 3.8) is 0 Å². The fourth-order valence-corrected chi connectivity index (χ4v) is 3.44. The second-order valence-electron chi connectivity index (χ2n) is 8.08. The van der Waals surface area contributed by atoms with Crippen LogP contribution in [0.4, 0.5) is 4.79 Å². The first kappa shape index (κ1) is 19.8. The van der Waals surface area contributed by atoms with E-state index < -0.39 is 11.0 Å². The number of hydrogen-bond donors (Lipinski definition) is 0. The number of likely N-dealkylation sites (tertiary alicyclic amines) is 1. The molecule has 2 atom stereocenters. The Kier molecular flexibility index (Phi) is 6.49. The van der Waals surface area contributed by atoms with E-state index in [2.05, 4.69) is 13.8 Å². The van der Waals surface area contributed by atoms with Gasteiger partial charge < -0.3 is 14.4 Å². The Morgan fingerprint density at radius 1 is 1.30 bits per heavy atom. The average molecular weight is 327 g/mol. The first-order chi connectivity index (χ1) is 10.5. The maximum absolute atomic E-state index is 12.5. The molecule has 0 aliphatic carbocycles. The third-order valence-corrected chi connectivity index (χ3v) is 4.18. The molecule has 0 aromatic rings.